The molecule has 0 aliphatic rings. The minimum absolute atomic E-state index is 0.102. The lowest BCUT2D eigenvalue weighted by Gasteiger charge is -2.03. The molecule has 1 aromatic heterocycles. The van der Waals surface area contributed by atoms with E-state index in [-0.39, 0.29) is 5.75 Å². The summed E-state index contributed by atoms with van der Waals surface area (Å²) in [6.07, 6.45) is 7.70. The quantitative estimate of drug-likeness (QED) is 0.613. The maximum Gasteiger partial charge on any atom is 0.255 e. The van der Waals surface area contributed by atoms with E-state index >= 15 is 0 Å². The number of unbranched alkanes of at least 4 members (excludes halogenated alkanes) is 5. The van der Waals surface area contributed by atoms with Crippen molar-refractivity contribution in [1.82, 2.24) is 14.4 Å². The van der Waals surface area contributed by atoms with Crippen LogP contribution < -0.4 is 4.74 Å². The van der Waals surface area contributed by atoms with E-state index in [2.05, 4.69) is 17.2 Å². The Morgan fingerprint density at radius 3 is 2.38 bits per heavy atom. The maximum atomic E-state index is 12.3. The summed E-state index contributed by atoms with van der Waals surface area (Å²) in [6, 6.07) is 7.26. The average Bonchev–Trinajstić information content (AvgIpc) is 3.09. The molecule has 7 heteroatoms. The molecule has 24 heavy (non-hydrogen) atoms. The first kappa shape index (κ1) is 18.4. The molecule has 132 valence electrons. The highest BCUT2D eigenvalue weighted by molar-refractivity contribution is 7.89. The summed E-state index contributed by atoms with van der Waals surface area (Å²) in [5, 5.41) is 7.75. The van der Waals surface area contributed by atoms with Gasteiger partial charge in [0.05, 0.1) is 19.1 Å². The van der Waals surface area contributed by atoms with Gasteiger partial charge in [0, 0.05) is 5.56 Å². The van der Waals surface area contributed by atoms with Crippen molar-refractivity contribution in [3.8, 4) is 17.0 Å². The first-order chi connectivity index (χ1) is 11.6. The van der Waals surface area contributed by atoms with E-state index in [1.165, 1.54) is 25.5 Å². The van der Waals surface area contributed by atoms with Gasteiger partial charge in [0.25, 0.3) is 10.0 Å². The second kappa shape index (κ2) is 8.82. The molecule has 0 bridgehead atoms. The second-order valence-corrected chi connectivity index (χ2v) is 7.73. The van der Waals surface area contributed by atoms with E-state index in [1.807, 2.05) is 12.1 Å². The van der Waals surface area contributed by atoms with Crippen LogP contribution in [-0.2, 0) is 10.0 Å². The summed E-state index contributed by atoms with van der Waals surface area (Å²) >= 11 is 0. The Balaban J connectivity index is 1.95. The summed E-state index contributed by atoms with van der Waals surface area (Å²) in [6.45, 7) is 2.16. The predicted molar refractivity (Wildman–Crippen MR) is 94.6 cm³/mol. The molecule has 1 aromatic carbocycles. The van der Waals surface area contributed by atoms with Crippen molar-refractivity contribution in [2.75, 3.05) is 12.9 Å². The van der Waals surface area contributed by atoms with Gasteiger partial charge in [-0.15, -0.1) is 9.19 Å². The zero-order chi connectivity index (χ0) is 17.4. The van der Waals surface area contributed by atoms with Crippen LogP contribution in [0.1, 0.15) is 45.4 Å². The highest BCUT2D eigenvalue weighted by Gasteiger charge is 2.16. The van der Waals surface area contributed by atoms with Crippen molar-refractivity contribution in [1.29, 1.82) is 0 Å². The van der Waals surface area contributed by atoms with Crippen LogP contribution >= 0.6 is 0 Å². The Bertz CT molecular complexity index is 724. The fourth-order valence-electron chi connectivity index (χ4n) is 2.44. The van der Waals surface area contributed by atoms with E-state index in [0.717, 1.165) is 28.2 Å². The van der Waals surface area contributed by atoms with Crippen LogP contribution in [0.5, 0.6) is 5.75 Å². The molecule has 0 aliphatic carbocycles. The van der Waals surface area contributed by atoms with Crippen molar-refractivity contribution in [3.05, 3.63) is 30.5 Å². The Kier molecular flexibility index (Phi) is 6.78. The molecule has 0 N–H and O–H groups in total. The highest BCUT2D eigenvalue weighted by Crippen LogP contribution is 2.20. The fraction of sp³-hybridized carbons (Fsp3) is 0.529. The van der Waals surface area contributed by atoms with Crippen LogP contribution in [0, 0.1) is 0 Å². The number of ether oxygens (including phenoxy) is 1. The molecule has 0 aliphatic heterocycles. The zero-order valence-electron chi connectivity index (χ0n) is 14.3. The van der Waals surface area contributed by atoms with Gasteiger partial charge in [-0.25, -0.2) is 8.42 Å². The van der Waals surface area contributed by atoms with Crippen LogP contribution in [-0.4, -0.2) is 35.7 Å². The largest absolute Gasteiger partial charge is 0.497 e. The van der Waals surface area contributed by atoms with Gasteiger partial charge >= 0.3 is 0 Å². The van der Waals surface area contributed by atoms with E-state index in [1.54, 1.807) is 19.2 Å². The molecule has 0 spiro atoms. The first-order valence-electron chi connectivity index (χ1n) is 8.37. The van der Waals surface area contributed by atoms with Crippen molar-refractivity contribution < 1.29 is 13.2 Å². The summed E-state index contributed by atoms with van der Waals surface area (Å²) < 4.78 is 30.7. The lowest BCUT2D eigenvalue weighted by Crippen LogP contribution is -2.17. The third-order valence-electron chi connectivity index (χ3n) is 3.90. The normalized spacial score (nSPS) is 11.6. The topological polar surface area (TPSA) is 74.1 Å². The molecule has 2 aromatic rings. The molecule has 0 radical (unpaired) electrons. The lowest BCUT2D eigenvalue weighted by atomic mass is 10.1. The monoisotopic (exact) mass is 351 g/mol. The van der Waals surface area contributed by atoms with E-state index in [9.17, 15) is 8.42 Å². The molecular formula is C17H25N3O3S. The van der Waals surface area contributed by atoms with E-state index in [4.69, 9.17) is 4.74 Å². The number of nitrogens with zero attached hydrogens (tertiary/aromatic N) is 3. The van der Waals surface area contributed by atoms with Crippen LogP contribution in [0.4, 0.5) is 0 Å². The highest BCUT2D eigenvalue weighted by atomic mass is 32.2. The molecule has 0 saturated heterocycles. The smallest absolute Gasteiger partial charge is 0.255 e. The summed E-state index contributed by atoms with van der Waals surface area (Å²) in [4.78, 5) is 0. The third-order valence-corrected chi connectivity index (χ3v) is 5.45. The molecule has 0 amide bonds. The summed E-state index contributed by atoms with van der Waals surface area (Å²) in [5.41, 5.74) is 1.33. The molecule has 0 atom stereocenters. The molecule has 0 saturated carbocycles. The van der Waals surface area contributed by atoms with Crippen LogP contribution in [0.25, 0.3) is 11.3 Å². The lowest BCUT2D eigenvalue weighted by molar-refractivity contribution is 0.415. The average molecular weight is 351 g/mol. The molecule has 0 fully saturated rings. The molecule has 6 nitrogen and oxygen atoms in total. The van der Waals surface area contributed by atoms with Gasteiger partial charge in [-0.1, -0.05) is 44.2 Å². The van der Waals surface area contributed by atoms with Crippen molar-refractivity contribution in [3.63, 3.8) is 0 Å². The van der Waals surface area contributed by atoms with Gasteiger partial charge in [-0.3, -0.25) is 0 Å². The number of rotatable bonds is 10. The molecular weight excluding hydrogens is 326 g/mol. The van der Waals surface area contributed by atoms with Gasteiger partial charge in [0.1, 0.15) is 11.4 Å². The molecule has 2 rings (SSSR count). The Hall–Kier alpha value is -1.89. The minimum Gasteiger partial charge on any atom is -0.497 e. The van der Waals surface area contributed by atoms with Gasteiger partial charge in [0.15, 0.2) is 0 Å². The summed E-state index contributed by atoms with van der Waals surface area (Å²) in [5.74, 6) is 0.840. The van der Waals surface area contributed by atoms with E-state index in [0.29, 0.717) is 12.1 Å². The molecule has 1 heterocycles. The van der Waals surface area contributed by atoms with Crippen molar-refractivity contribution in [2.24, 2.45) is 0 Å². The van der Waals surface area contributed by atoms with Crippen LogP contribution in [0.3, 0.4) is 0 Å². The van der Waals surface area contributed by atoms with Gasteiger partial charge in [-0.2, -0.15) is 0 Å². The van der Waals surface area contributed by atoms with Crippen LogP contribution in [0.2, 0.25) is 0 Å². The minimum atomic E-state index is -3.43. The molecule has 0 unspecified atom stereocenters. The zero-order valence-corrected chi connectivity index (χ0v) is 15.1. The number of methoxy groups -OCH3 is 1. The maximum absolute atomic E-state index is 12.3. The predicted octanol–water partition coefficient (Wildman–Crippen LogP) is 3.49. The number of aromatic nitrogens is 3. The number of hydrogen-bond donors (Lipinski definition) is 0. The Morgan fingerprint density at radius 1 is 1.04 bits per heavy atom. The summed E-state index contributed by atoms with van der Waals surface area (Å²) in [7, 11) is -1.84. The third kappa shape index (κ3) is 5.06. The Labute approximate surface area is 143 Å². The van der Waals surface area contributed by atoms with Crippen molar-refractivity contribution >= 4 is 10.0 Å². The van der Waals surface area contributed by atoms with Gasteiger partial charge in [-0.05, 0) is 30.7 Å². The fourth-order valence-corrected chi connectivity index (χ4v) is 3.60. The standard InChI is InChI=1S/C17H25N3O3S/c1-3-4-5-6-7-8-13-24(21,22)20-14-17(18-19-20)15-9-11-16(23-2)12-10-15/h9-12,14H,3-8,13H2,1-2H3. The Morgan fingerprint density at radius 2 is 1.71 bits per heavy atom. The second-order valence-electron chi connectivity index (χ2n) is 5.79. The van der Waals surface area contributed by atoms with Gasteiger partial charge in [0.2, 0.25) is 0 Å². The van der Waals surface area contributed by atoms with Gasteiger partial charge < -0.3 is 4.74 Å². The number of benzene rings is 1. The SMILES string of the molecule is CCCCCCCCS(=O)(=O)n1cc(-c2ccc(OC)cc2)nn1. The van der Waals surface area contributed by atoms with Crippen molar-refractivity contribution in [2.45, 2.75) is 45.4 Å². The first-order valence-corrected chi connectivity index (χ1v) is 9.98. The van der Waals surface area contributed by atoms with Crippen LogP contribution in [0.15, 0.2) is 30.5 Å². The van der Waals surface area contributed by atoms with E-state index < -0.39 is 10.0 Å². The number of hydrogen-bond acceptors (Lipinski definition) is 5.